The zero-order chi connectivity index (χ0) is 18.9. The Morgan fingerprint density at radius 3 is 2.27 bits per heavy atom. The number of thiophene rings is 1. The molecule has 1 aromatic heterocycles. The molecule has 3 aromatic rings. The molecule has 0 saturated carbocycles. The molecule has 0 atom stereocenters. The Kier molecular flexibility index (Phi) is 4.84. The SMILES string of the molecule is Cc1cc(S(=O)(=O)Nc2cc(-c3ccccc3)ccc2C(=O)O)c(C)s1. The van der Waals surface area contributed by atoms with Crippen molar-refractivity contribution in [3.8, 4) is 11.1 Å². The third-order valence-electron chi connectivity index (χ3n) is 3.89. The summed E-state index contributed by atoms with van der Waals surface area (Å²) in [6, 6.07) is 15.6. The van der Waals surface area contributed by atoms with Crippen molar-refractivity contribution in [3.63, 3.8) is 0 Å². The number of carbonyl (C=O) groups is 1. The van der Waals surface area contributed by atoms with Crippen molar-refractivity contribution in [1.29, 1.82) is 0 Å². The first kappa shape index (κ1) is 18.2. The van der Waals surface area contributed by atoms with E-state index in [1.165, 1.54) is 17.4 Å². The first-order valence-electron chi connectivity index (χ1n) is 7.80. The molecule has 1 heterocycles. The van der Waals surface area contributed by atoms with Crippen LogP contribution in [0.5, 0.6) is 0 Å². The molecule has 2 N–H and O–H groups in total. The number of anilines is 1. The summed E-state index contributed by atoms with van der Waals surface area (Å²) >= 11 is 1.38. The molecule has 0 amide bonds. The molecule has 0 aliphatic heterocycles. The van der Waals surface area contributed by atoms with Crippen molar-refractivity contribution < 1.29 is 18.3 Å². The van der Waals surface area contributed by atoms with Crippen LogP contribution in [0.2, 0.25) is 0 Å². The maximum absolute atomic E-state index is 12.8. The summed E-state index contributed by atoms with van der Waals surface area (Å²) in [4.78, 5) is 13.2. The van der Waals surface area contributed by atoms with Crippen LogP contribution in [-0.4, -0.2) is 19.5 Å². The molecule has 7 heteroatoms. The predicted octanol–water partition coefficient (Wildman–Crippen LogP) is 4.53. The molecule has 26 heavy (non-hydrogen) atoms. The number of benzene rings is 2. The smallest absolute Gasteiger partial charge is 0.337 e. The van der Waals surface area contributed by atoms with E-state index in [1.807, 2.05) is 37.3 Å². The highest BCUT2D eigenvalue weighted by Gasteiger charge is 2.22. The van der Waals surface area contributed by atoms with E-state index < -0.39 is 16.0 Å². The monoisotopic (exact) mass is 387 g/mol. The summed E-state index contributed by atoms with van der Waals surface area (Å²) in [7, 11) is -3.88. The Balaban J connectivity index is 2.08. The molecule has 0 saturated heterocycles. The van der Waals surface area contributed by atoms with Crippen molar-refractivity contribution >= 4 is 33.0 Å². The van der Waals surface area contributed by atoms with Gasteiger partial charge < -0.3 is 5.11 Å². The standard InChI is InChI=1S/C19H17NO4S2/c1-12-10-18(13(2)25-12)26(23,24)20-17-11-15(8-9-16(17)19(21)22)14-6-4-3-5-7-14/h3-11,20H,1-2H3,(H,21,22). The minimum Gasteiger partial charge on any atom is -0.478 e. The highest BCUT2D eigenvalue weighted by atomic mass is 32.2. The van der Waals surface area contributed by atoms with Crippen LogP contribution in [-0.2, 0) is 10.0 Å². The van der Waals surface area contributed by atoms with E-state index in [2.05, 4.69) is 4.72 Å². The molecule has 0 radical (unpaired) electrons. The van der Waals surface area contributed by atoms with E-state index in [4.69, 9.17) is 0 Å². The lowest BCUT2D eigenvalue weighted by Gasteiger charge is -2.12. The van der Waals surface area contributed by atoms with Gasteiger partial charge in [0.1, 0.15) is 4.90 Å². The lowest BCUT2D eigenvalue weighted by atomic mass is 10.0. The minimum absolute atomic E-state index is 0.0436. The normalized spacial score (nSPS) is 11.3. The summed E-state index contributed by atoms with van der Waals surface area (Å²) in [5.74, 6) is -1.19. The van der Waals surface area contributed by atoms with Crippen molar-refractivity contribution in [3.05, 3.63) is 69.9 Å². The van der Waals surface area contributed by atoms with Crippen LogP contribution in [0.15, 0.2) is 59.5 Å². The van der Waals surface area contributed by atoms with Gasteiger partial charge in [-0.3, -0.25) is 4.72 Å². The second-order valence-corrected chi connectivity index (χ2v) is 8.93. The van der Waals surface area contributed by atoms with Gasteiger partial charge in [0.25, 0.3) is 10.0 Å². The summed E-state index contributed by atoms with van der Waals surface area (Å²) in [5, 5.41) is 9.42. The van der Waals surface area contributed by atoms with Gasteiger partial charge in [0.05, 0.1) is 11.3 Å². The average Bonchev–Trinajstić information content (AvgIpc) is 2.94. The van der Waals surface area contributed by atoms with Gasteiger partial charge in [-0.05, 0) is 43.2 Å². The van der Waals surface area contributed by atoms with Crippen LogP contribution in [0, 0.1) is 13.8 Å². The number of sulfonamides is 1. The van der Waals surface area contributed by atoms with Gasteiger partial charge >= 0.3 is 5.97 Å². The quantitative estimate of drug-likeness (QED) is 0.674. The number of nitrogens with one attached hydrogen (secondary N) is 1. The van der Waals surface area contributed by atoms with Crippen LogP contribution in [0.25, 0.3) is 11.1 Å². The Hall–Kier alpha value is -2.64. The summed E-state index contributed by atoms with van der Waals surface area (Å²) in [6.07, 6.45) is 0. The molecule has 0 aliphatic rings. The fourth-order valence-electron chi connectivity index (χ4n) is 2.70. The van der Waals surface area contributed by atoms with E-state index >= 15 is 0 Å². The third kappa shape index (κ3) is 3.63. The largest absolute Gasteiger partial charge is 0.478 e. The van der Waals surface area contributed by atoms with Crippen LogP contribution < -0.4 is 4.72 Å². The molecule has 134 valence electrons. The molecule has 0 aliphatic carbocycles. The molecule has 2 aromatic carbocycles. The number of hydrogen-bond donors (Lipinski definition) is 2. The van der Waals surface area contributed by atoms with Crippen molar-refractivity contribution in [2.45, 2.75) is 18.7 Å². The van der Waals surface area contributed by atoms with Crippen LogP contribution >= 0.6 is 11.3 Å². The van der Waals surface area contributed by atoms with Crippen LogP contribution in [0.3, 0.4) is 0 Å². The predicted molar refractivity (Wildman–Crippen MR) is 103 cm³/mol. The van der Waals surface area contributed by atoms with E-state index in [1.54, 1.807) is 25.1 Å². The van der Waals surface area contributed by atoms with Gasteiger partial charge in [0.15, 0.2) is 0 Å². The molecular weight excluding hydrogens is 370 g/mol. The Morgan fingerprint density at radius 2 is 1.69 bits per heavy atom. The molecule has 0 spiro atoms. The van der Waals surface area contributed by atoms with E-state index in [0.717, 1.165) is 16.0 Å². The number of hydrogen-bond acceptors (Lipinski definition) is 4. The first-order chi connectivity index (χ1) is 12.3. The van der Waals surface area contributed by atoms with Gasteiger partial charge in [-0.1, -0.05) is 36.4 Å². The van der Waals surface area contributed by atoms with E-state index in [9.17, 15) is 18.3 Å². The second-order valence-electron chi connectivity index (χ2n) is 5.81. The van der Waals surface area contributed by atoms with Crippen LogP contribution in [0.4, 0.5) is 5.69 Å². The van der Waals surface area contributed by atoms with E-state index in [-0.39, 0.29) is 16.1 Å². The Morgan fingerprint density at radius 1 is 1.00 bits per heavy atom. The molecule has 3 rings (SSSR count). The maximum atomic E-state index is 12.8. The summed E-state index contributed by atoms with van der Waals surface area (Å²) < 4.78 is 28.0. The molecule has 0 unspecified atom stereocenters. The molecule has 0 fully saturated rings. The Labute approximate surface area is 156 Å². The lowest BCUT2D eigenvalue weighted by molar-refractivity contribution is 0.0698. The van der Waals surface area contributed by atoms with Crippen molar-refractivity contribution in [2.75, 3.05) is 4.72 Å². The zero-order valence-electron chi connectivity index (χ0n) is 14.2. The molecule has 5 nitrogen and oxygen atoms in total. The van der Waals surface area contributed by atoms with Crippen LogP contribution in [0.1, 0.15) is 20.1 Å². The summed E-state index contributed by atoms with van der Waals surface area (Å²) in [5.41, 5.74) is 1.54. The topological polar surface area (TPSA) is 83.5 Å². The van der Waals surface area contributed by atoms with Crippen molar-refractivity contribution in [2.24, 2.45) is 0 Å². The number of carboxylic acids is 1. The number of aryl methyl sites for hydroxylation is 2. The average molecular weight is 387 g/mol. The number of carboxylic acid groups (broad SMARTS) is 1. The van der Waals surface area contributed by atoms with Crippen molar-refractivity contribution in [1.82, 2.24) is 0 Å². The second kappa shape index (κ2) is 6.93. The fraction of sp³-hybridized carbons (Fsp3) is 0.105. The van der Waals surface area contributed by atoms with Gasteiger partial charge in [0, 0.05) is 9.75 Å². The van der Waals surface area contributed by atoms with Gasteiger partial charge in [-0.15, -0.1) is 11.3 Å². The molecule has 0 bridgehead atoms. The Bertz CT molecular complexity index is 1070. The summed E-state index contributed by atoms with van der Waals surface area (Å²) in [6.45, 7) is 3.56. The van der Waals surface area contributed by atoms with Gasteiger partial charge in [0.2, 0.25) is 0 Å². The third-order valence-corrected chi connectivity index (χ3v) is 6.47. The van der Waals surface area contributed by atoms with E-state index in [0.29, 0.717) is 4.88 Å². The fourth-order valence-corrected chi connectivity index (χ4v) is 5.33. The highest BCUT2D eigenvalue weighted by molar-refractivity contribution is 7.93. The minimum atomic E-state index is -3.88. The zero-order valence-corrected chi connectivity index (χ0v) is 15.8. The number of rotatable bonds is 5. The lowest BCUT2D eigenvalue weighted by Crippen LogP contribution is -2.16. The number of aromatic carboxylic acids is 1. The van der Waals surface area contributed by atoms with Gasteiger partial charge in [-0.25, -0.2) is 13.2 Å². The maximum Gasteiger partial charge on any atom is 0.337 e. The van der Waals surface area contributed by atoms with Gasteiger partial charge in [-0.2, -0.15) is 0 Å². The first-order valence-corrected chi connectivity index (χ1v) is 10.1. The highest BCUT2D eigenvalue weighted by Crippen LogP contribution is 2.30. The molecular formula is C19H17NO4S2.